The van der Waals surface area contributed by atoms with Crippen LogP contribution < -0.4 is 0 Å². The van der Waals surface area contributed by atoms with Crippen molar-refractivity contribution in [2.24, 2.45) is 0 Å². The van der Waals surface area contributed by atoms with Gasteiger partial charge in [0.05, 0.1) is 22.7 Å². The highest BCUT2D eigenvalue weighted by atomic mass is 32.1. The Hall–Kier alpha value is -3.25. The summed E-state index contributed by atoms with van der Waals surface area (Å²) in [6.07, 6.45) is 0.131. The molecular formula is C24H22N2O3S. The molecule has 0 fully saturated rings. The molecule has 4 aromatic rings. The third-order valence-electron chi connectivity index (χ3n) is 5.21. The fourth-order valence-electron chi connectivity index (χ4n) is 3.35. The summed E-state index contributed by atoms with van der Waals surface area (Å²) in [5.74, 6) is -0.672. The second-order valence-corrected chi connectivity index (χ2v) is 8.24. The van der Waals surface area contributed by atoms with Crippen LogP contribution in [0.25, 0.3) is 21.0 Å². The molecule has 0 bridgehead atoms. The number of nitrogens with zero attached hydrogens (tertiary/aromatic N) is 2. The van der Waals surface area contributed by atoms with Gasteiger partial charge in [-0.1, -0.05) is 54.6 Å². The number of hydrogen-bond donors (Lipinski definition) is 0. The number of carbonyl (C=O) groups is 2. The van der Waals surface area contributed by atoms with Gasteiger partial charge in [0, 0.05) is 7.05 Å². The molecule has 4 rings (SSSR count). The molecule has 0 radical (unpaired) electrons. The molecule has 152 valence electrons. The molecule has 0 aliphatic rings. The van der Waals surface area contributed by atoms with E-state index in [1.165, 1.54) is 0 Å². The van der Waals surface area contributed by atoms with Crippen LogP contribution in [0.4, 0.5) is 0 Å². The molecular weight excluding hydrogens is 396 g/mol. The van der Waals surface area contributed by atoms with Crippen LogP contribution in [0, 0.1) is 0 Å². The molecule has 1 heterocycles. The summed E-state index contributed by atoms with van der Waals surface area (Å²) >= 11 is 1.57. The molecule has 1 atom stereocenters. The molecule has 0 saturated heterocycles. The first-order valence-electron chi connectivity index (χ1n) is 9.76. The summed E-state index contributed by atoms with van der Waals surface area (Å²) in [6, 6.07) is 21.4. The maximum absolute atomic E-state index is 12.6. The maximum Gasteiger partial charge on any atom is 0.310 e. The van der Waals surface area contributed by atoms with Crippen molar-refractivity contribution in [3.63, 3.8) is 0 Å². The zero-order chi connectivity index (χ0) is 21.1. The van der Waals surface area contributed by atoms with Gasteiger partial charge in [0.1, 0.15) is 5.01 Å². The van der Waals surface area contributed by atoms with E-state index in [4.69, 9.17) is 4.74 Å². The predicted molar refractivity (Wildman–Crippen MR) is 119 cm³/mol. The van der Waals surface area contributed by atoms with Crippen molar-refractivity contribution >= 4 is 44.2 Å². The minimum absolute atomic E-state index is 0.131. The average Bonchev–Trinajstić information content (AvgIpc) is 3.21. The largest absolute Gasteiger partial charge is 0.455 e. The van der Waals surface area contributed by atoms with E-state index in [0.29, 0.717) is 0 Å². The van der Waals surface area contributed by atoms with E-state index in [0.717, 1.165) is 31.6 Å². The second-order valence-electron chi connectivity index (χ2n) is 7.18. The van der Waals surface area contributed by atoms with Crippen molar-refractivity contribution in [2.75, 3.05) is 13.7 Å². The monoisotopic (exact) mass is 418 g/mol. The van der Waals surface area contributed by atoms with Crippen molar-refractivity contribution < 1.29 is 14.3 Å². The number of ether oxygens (including phenoxy) is 1. The molecule has 5 nitrogen and oxygen atoms in total. The van der Waals surface area contributed by atoms with Crippen LogP contribution in [0.1, 0.15) is 23.5 Å². The number of carbonyl (C=O) groups excluding carboxylic acids is 2. The Bertz CT molecular complexity index is 1180. The number of fused-ring (bicyclic) bond motifs is 2. The van der Waals surface area contributed by atoms with E-state index < -0.39 is 5.97 Å². The van der Waals surface area contributed by atoms with Gasteiger partial charge >= 0.3 is 5.97 Å². The molecule has 1 aromatic heterocycles. The highest BCUT2D eigenvalue weighted by molar-refractivity contribution is 7.18. The minimum Gasteiger partial charge on any atom is -0.455 e. The Labute approximate surface area is 178 Å². The highest BCUT2D eigenvalue weighted by Crippen LogP contribution is 2.28. The lowest BCUT2D eigenvalue weighted by Crippen LogP contribution is -2.33. The maximum atomic E-state index is 12.6. The van der Waals surface area contributed by atoms with Gasteiger partial charge in [-0.15, -0.1) is 11.3 Å². The van der Waals surface area contributed by atoms with Gasteiger partial charge < -0.3 is 9.64 Å². The normalized spacial score (nSPS) is 12.1. The molecule has 30 heavy (non-hydrogen) atoms. The molecule has 0 aliphatic carbocycles. The fraction of sp³-hybridized carbons (Fsp3) is 0.208. The van der Waals surface area contributed by atoms with Gasteiger partial charge in [-0.25, -0.2) is 4.98 Å². The van der Waals surface area contributed by atoms with E-state index >= 15 is 0 Å². The van der Waals surface area contributed by atoms with Crippen LogP contribution in [-0.2, 0) is 20.7 Å². The summed E-state index contributed by atoms with van der Waals surface area (Å²) in [7, 11) is 1.71. The van der Waals surface area contributed by atoms with Gasteiger partial charge in [0.25, 0.3) is 5.91 Å². The number of thiazole rings is 1. The van der Waals surface area contributed by atoms with Crippen LogP contribution in [0.3, 0.4) is 0 Å². The number of rotatable bonds is 6. The first-order chi connectivity index (χ1) is 14.5. The molecule has 3 aromatic carbocycles. The van der Waals surface area contributed by atoms with E-state index in [2.05, 4.69) is 4.98 Å². The predicted octanol–water partition coefficient (Wildman–Crippen LogP) is 4.75. The minimum atomic E-state index is -0.416. The van der Waals surface area contributed by atoms with Gasteiger partial charge in [-0.3, -0.25) is 9.59 Å². The standard InChI is InChI=1S/C24H22N2O3S/c1-16(24-25-20-12-5-6-13-21(20)30-24)26(2)22(27)15-29-23(28)14-18-10-7-9-17-8-3-4-11-19(17)18/h3-13,16H,14-15H2,1-2H3/t16-/m1/s1. The lowest BCUT2D eigenvalue weighted by Gasteiger charge is -2.23. The van der Waals surface area contributed by atoms with Crippen molar-refractivity contribution in [1.82, 2.24) is 9.88 Å². The van der Waals surface area contributed by atoms with Crippen LogP contribution >= 0.6 is 11.3 Å². The molecule has 6 heteroatoms. The van der Waals surface area contributed by atoms with E-state index in [1.54, 1.807) is 23.3 Å². The van der Waals surface area contributed by atoms with Gasteiger partial charge in [0.2, 0.25) is 0 Å². The third kappa shape index (κ3) is 4.19. The summed E-state index contributed by atoms with van der Waals surface area (Å²) in [4.78, 5) is 31.1. The zero-order valence-corrected chi connectivity index (χ0v) is 17.7. The van der Waals surface area contributed by atoms with E-state index in [9.17, 15) is 9.59 Å². The van der Waals surface area contributed by atoms with Crippen LogP contribution in [-0.4, -0.2) is 35.4 Å². The molecule has 0 saturated carbocycles. The van der Waals surface area contributed by atoms with Crippen molar-refractivity contribution in [3.05, 3.63) is 77.3 Å². The summed E-state index contributed by atoms with van der Waals surface area (Å²) < 4.78 is 6.36. The number of hydrogen-bond acceptors (Lipinski definition) is 5. The number of amides is 1. The Morgan fingerprint density at radius 1 is 1.03 bits per heavy atom. The molecule has 1 amide bonds. The third-order valence-corrected chi connectivity index (χ3v) is 6.42. The smallest absolute Gasteiger partial charge is 0.310 e. The van der Waals surface area contributed by atoms with Crippen LogP contribution in [0.15, 0.2) is 66.7 Å². The lowest BCUT2D eigenvalue weighted by atomic mass is 10.0. The van der Waals surface area contributed by atoms with Gasteiger partial charge in [-0.2, -0.15) is 0 Å². The Morgan fingerprint density at radius 3 is 2.60 bits per heavy atom. The Kier molecular flexibility index (Phi) is 5.77. The highest BCUT2D eigenvalue weighted by Gasteiger charge is 2.22. The number of esters is 1. The fourth-order valence-corrected chi connectivity index (χ4v) is 4.41. The number of benzene rings is 3. The quantitative estimate of drug-likeness (QED) is 0.424. The molecule has 0 unspecified atom stereocenters. The first kappa shape index (κ1) is 20.0. The average molecular weight is 419 g/mol. The molecule has 0 aliphatic heterocycles. The Balaban J connectivity index is 1.36. The van der Waals surface area contributed by atoms with Crippen molar-refractivity contribution in [1.29, 1.82) is 0 Å². The summed E-state index contributed by atoms with van der Waals surface area (Å²) in [5, 5.41) is 2.95. The topological polar surface area (TPSA) is 59.5 Å². The second kappa shape index (κ2) is 8.63. The van der Waals surface area contributed by atoms with Crippen LogP contribution in [0.2, 0.25) is 0 Å². The van der Waals surface area contributed by atoms with E-state index in [-0.39, 0.29) is 25.0 Å². The molecule has 0 spiro atoms. The van der Waals surface area contributed by atoms with Crippen molar-refractivity contribution in [3.8, 4) is 0 Å². The first-order valence-corrected chi connectivity index (χ1v) is 10.6. The van der Waals surface area contributed by atoms with Crippen LogP contribution in [0.5, 0.6) is 0 Å². The SMILES string of the molecule is C[C@H](c1nc2ccccc2s1)N(C)C(=O)COC(=O)Cc1cccc2ccccc12. The Morgan fingerprint density at radius 2 is 1.77 bits per heavy atom. The van der Waals surface area contributed by atoms with Gasteiger partial charge in [-0.05, 0) is 35.4 Å². The summed E-state index contributed by atoms with van der Waals surface area (Å²) in [5.41, 5.74) is 1.81. The lowest BCUT2D eigenvalue weighted by molar-refractivity contribution is -0.151. The zero-order valence-electron chi connectivity index (χ0n) is 16.9. The number of aromatic nitrogens is 1. The molecule has 0 N–H and O–H groups in total. The van der Waals surface area contributed by atoms with Crippen molar-refractivity contribution in [2.45, 2.75) is 19.4 Å². The number of likely N-dealkylation sites (N-methyl/N-ethyl adjacent to an activating group) is 1. The van der Waals surface area contributed by atoms with Gasteiger partial charge in [0.15, 0.2) is 6.61 Å². The van der Waals surface area contributed by atoms with E-state index in [1.807, 2.05) is 73.7 Å². The number of para-hydroxylation sites is 1. The summed E-state index contributed by atoms with van der Waals surface area (Å²) in [6.45, 7) is 1.64.